The van der Waals surface area contributed by atoms with Crippen molar-refractivity contribution in [1.29, 1.82) is 0 Å². The van der Waals surface area contributed by atoms with Crippen molar-refractivity contribution in [3.05, 3.63) is 134 Å². The molecule has 0 unspecified atom stereocenters. The van der Waals surface area contributed by atoms with Crippen molar-refractivity contribution >= 4 is 98.9 Å². The Morgan fingerprint density at radius 2 is 1.02 bits per heavy atom. The Morgan fingerprint density at radius 3 is 1.40 bits per heavy atom. The van der Waals surface area contributed by atoms with Gasteiger partial charge in [0.05, 0.1) is 18.5 Å². The zero-order valence-electron chi connectivity index (χ0n) is 28.6. The van der Waals surface area contributed by atoms with E-state index in [1.807, 2.05) is 26.0 Å². The van der Waals surface area contributed by atoms with Crippen LogP contribution < -0.4 is 34.9 Å². The molecule has 0 atom stereocenters. The smallest absolute Gasteiger partial charge is 0.340 e. The lowest BCUT2D eigenvalue weighted by atomic mass is 9.99. The van der Waals surface area contributed by atoms with Gasteiger partial charge < -0.3 is 13.6 Å². The number of hydrogen-bond acceptors (Lipinski definition) is 9. The molecule has 0 fully saturated rings. The van der Waals surface area contributed by atoms with Crippen LogP contribution in [0.5, 0.6) is 11.5 Å². The molecule has 53 heavy (non-hydrogen) atoms. The molecular formula is C36H32I2N4O9S2. The van der Waals surface area contributed by atoms with Crippen LogP contribution in [-0.2, 0) is 33.3 Å². The van der Waals surface area contributed by atoms with Crippen LogP contribution in [0.1, 0.15) is 33.4 Å². The van der Waals surface area contributed by atoms with Gasteiger partial charge in [-0.1, -0.05) is 24.3 Å². The third-order valence-corrected chi connectivity index (χ3v) is 12.3. The Labute approximate surface area is 332 Å². The van der Waals surface area contributed by atoms with Gasteiger partial charge in [-0.2, -0.15) is 16.8 Å². The van der Waals surface area contributed by atoms with E-state index in [2.05, 4.69) is 64.1 Å². The van der Waals surface area contributed by atoms with Crippen molar-refractivity contribution in [3.63, 3.8) is 0 Å². The van der Waals surface area contributed by atoms with E-state index < -0.39 is 31.7 Å². The highest BCUT2D eigenvalue weighted by Gasteiger charge is 2.19. The van der Waals surface area contributed by atoms with Crippen molar-refractivity contribution in [2.75, 3.05) is 23.5 Å². The van der Waals surface area contributed by atoms with Crippen LogP contribution in [0.4, 0.5) is 11.4 Å². The van der Waals surface area contributed by atoms with E-state index in [9.17, 15) is 26.4 Å². The minimum atomic E-state index is -3.71. The molecule has 0 amide bonds. The third kappa shape index (κ3) is 8.70. The Morgan fingerprint density at radius 1 is 0.623 bits per heavy atom. The number of hydrogen-bond donors (Lipinski definition) is 4. The second-order valence-corrected chi connectivity index (χ2v) is 17.6. The lowest BCUT2D eigenvalue weighted by Gasteiger charge is -2.14. The summed E-state index contributed by atoms with van der Waals surface area (Å²) in [5.74, 6) is 0.860. The molecule has 0 saturated heterocycles. The van der Waals surface area contributed by atoms with Gasteiger partial charge in [-0.3, -0.25) is 9.44 Å². The Kier molecular flexibility index (Phi) is 11.2. The Hall–Kier alpha value is -4.02. The minimum Gasteiger partial charge on any atom is -0.455 e. The quantitative estimate of drug-likeness (QED) is 0.0790. The van der Waals surface area contributed by atoms with Crippen molar-refractivity contribution in [2.45, 2.75) is 26.7 Å². The summed E-state index contributed by atoms with van der Waals surface area (Å²) < 4.78 is 76.5. The van der Waals surface area contributed by atoms with E-state index >= 15 is 0 Å². The largest absolute Gasteiger partial charge is 0.455 e. The van der Waals surface area contributed by atoms with Crippen LogP contribution in [0.15, 0.2) is 91.2 Å². The van der Waals surface area contributed by atoms with Crippen molar-refractivity contribution < 1.29 is 30.4 Å². The van der Waals surface area contributed by atoms with E-state index in [4.69, 9.17) is 13.6 Å². The van der Waals surface area contributed by atoms with Gasteiger partial charge in [0.2, 0.25) is 0 Å². The number of nitrogens with one attached hydrogen (secondary N) is 4. The predicted molar refractivity (Wildman–Crippen MR) is 222 cm³/mol. The summed E-state index contributed by atoms with van der Waals surface area (Å²) in [5, 5.41) is 1.44. The maximum Gasteiger partial charge on any atom is 0.340 e. The molecule has 0 spiro atoms. The first-order valence-corrected chi connectivity index (χ1v) is 21.0. The average Bonchev–Trinajstić information content (AvgIpc) is 3.10. The molecule has 2 aromatic heterocycles. The number of anilines is 2. The van der Waals surface area contributed by atoms with Gasteiger partial charge in [-0.05, 0) is 118 Å². The molecule has 0 radical (unpaired) electrons. The van der Waals surface area contributed by atoms with E-state index in [0.717, 1.165) is 40.2 Å². The number of ether oxygens (including phenoxy) is 1. The third-order valence-electron chi connectivity index (χ3n) is 8.56. The summed E-state index contributed by atoms with van der Waals surface area (Å²) in [4.78, 5) is 26.5. The molecule has 17 heteroatoms. The average molecular weight is 983 g/mol. The normalized spacial score (nSPS) is 12.0. The summed E-state index contributed by atoms with van der Waals surface area (Å²) in [7, 11) is -4.80. The van der Waals surface area contributed by atoms with Crippen molar-refractivity contribution in [3.8, 4) is 11.5 Å². The van der Waals surface area contributed by atoms with Crippen LogP contribution in [0.3, 0.4) is 0 Å². The molecule has 4 N–H and O–H groups in total. The molecule has 0 bridgehead atoms. The van der Waals surface area contributed by atoms with Gasteiger partial charge in [0, 0.05) is 61.0 Å². The van der Waals surface area contributed by atoms with E-state index in [1.165, 1.54) is 14.1 Å². The van der Waals surface area contributed by atoms with Crippen LogP contribution in [-0.4, -0.2) is 30.9 Å². The summed E-state index contributed by atoms with van der Waals surface area (Å²) in [5.41, 5.74) is 4.08. The fourth-order valence-electron chi connectivity index (χ4n) is 5.77. The molecule has 0 saturated carbocycles. The molecule has 276 valence electrons. The van der Waals surface area contributed by atoms with Gasteiger partial charge in [-0.15, -0.1) is 0 Å². The molecule has 0 aliphatic heterocycles. The van der Waals surface area contributed by atoms with E-state index in [-0.39, 0.29) is 12.8 Å². The van der Waals surface area contributed by atoms with Crippen LogP contribution in [0.2, 0.25) is 0 Å². The monoisotopic (exact) mass is 982 g/mol. The predicted octanol–water partition coefficient (Wildman–Crippen LogP) is 6.45. The lowest BCUT2D eigenvalue weighted by Crippen LogP contribution is -2.26. The van der Waals surface area contributed by atoms with E-state index in [1.54, 1.807) is 60.7 Å². The fourth-order valence-corrected chi connectivity index (χ4v) is 8.01. The topological polar surface area (TPSA) is 186 Å². The lowest BCUT2D eigenvalue weighted by molar-refractivity contribution is 0.471. The van der Waals surface area contributed by atoms with Crippen LogP contribution >= 0.6 is 45.2 Å². The molecule has 6 aromatic rings. The number of halogens is 2. The molecular weight excluding hydrogens is 950 g/mol. The standard InChI is InChI=1S/C36H32I2N4O9S2/c1-19-25-15-29(37)33(17-31(25)50-35(43)27(19)13-21-7-5-9-23(11-21)41-52(45,46)39-3)49-34-18-32-26(16-30(34)38)20(2)28(36(44)51-32)14-22-8-6-10-24(12-22)42-53(47,48)40-4/h5-12,15-18,39-42H,13-14H2,1-4H3. The molecule has 13 nitrogen and oxygen atoms in total. The maximum absolute atomic E-state index is 13.3. The first kappa shape index (κ1) is 38.7. The first-order valence-electron chi connectivity index (χ1n) is 15.9. The summed E-state index contributed by atoms with van der Waals surface area (Å²) in [6.45, 7) is 3.68. The maximum atomic E-state index is 13.3. The van der Waals surface area contributed by atoms with Gasteiger partial charge in [-0.25, -0.2) is 19.0 Å². The van der Waals surface area contributed by atoms with Crippen molar-refractivity contribution in [2.24, 2.45) is 0 Å². The summed E-state index contributed by atoms with van der Waals surface area (Å²) in [6.07, 6.45) is 0.445. The molecule has 4 aromatic carbocycles. The molecule has 0 aliphatic rings. The number of fused-ring (bicyclic) bond motifs is 2. The second kappa shape index (κ2) is 15.4. The van der Waals surface area contributed by atoms with Gasteiger partial charge in [0.1, 0.15) is 22.7 Å². The highest BCUT2D eigenvalue weighted by Crippen LogP contribution is 2.37. The summed E-state index contributed by atoms with van der Waals surface area (Å²) in [6, 6.07) is 20.6. The van der Waals surface area contributed by atoms with Crippen LogP contribution in [0, 0.1) is 21.0 Å². The number of aryl methyl sites for hydroxylation is 2. The number of benzene rings is 4. The van der Waals surface area contributed by atoms with Gasteiger partial charge in [0.25, 0.3) is 20.4 Å². The Balaban J connectivity index is 1.28. The van der Waals surface area contributed by atoms with E-state index in [0.29, 0.717) is 45.2 Å². The SMILES string of the molecule is CNS(=O)(=O)Nc1cccc(Cc2c(C)c3cc(I)c(Oc4cc5oc(=O)c(Cc6cccc(NS(=O)(=O)NC)c6)c(C)c5cc4I)cc3oc2=O)c1. The van der Waals surface area contributed by atoms with Crippen LogP contribution in [0.25, 0.3) is 21.9 Å². The highest BCUT2D eigenvalue weighted by atomic mass is 127. The second-order valence-electron chi connectivity index (χ2n) is 12.0. The zero-order valence-corrected chi connectivity index (χ0v) is 34.5. The molecule has 6 rings (SSSR count). The highest BCUT2D eigenvalue weighted by molar-refractivity contribution is 14.1. The fraction of sp³-hybridized carbons (Fsp3) is 0.167. The molecule has 0 aliphatic carbocycles. The van der Waals surface area contributed by atoms with Gasteiger partial charge >= 0.3 is 11.3 Å². The van der Waals surface area contributed by atoms with Gasteiger partial charge in [0.15, 0.2) is 0 Å². The minimum absolute atomic E-state index is 0.222. The molecule has 2 heterocycles. The Bertz CT molecular complexity index is 2580. The van der Waals surface area contributed by atoms with Crippen molar-refractivity contribution in [1.82, 2.24) is 9.44 Å². The first-order chi connectivity index (χ1) is 25.1. The summed E-state index contributed by atoms with van der Waals surface area (Å²) >= 11 is 4.30. The number of rotatable bonds is 12. The zero-order chi connectivity index (χ0) is 38.2.